The maximum absolute atomic E-state index is 12.6. The van der Waals surface area contributed by atoms with Crippen LogP contribution in [0.1, 0.15) is 42.3 Å². The van der Waals surface area contributed by atoms with Gasteiger partial charge in [0.05, 0.1) is 16.9 Å². The molecular weight excluding hydrogens is 348 g/mol. The van der Waals surface area contributed by atoms with Crippen molar-refractivity contribution in [2.24, 2.45) is 0 Å². The van der Waals surface area contributed by atoms with Crippen LogP contribution in [0.15, 0.2) is 48.5 Å². The first-order chi connectivity index (χ1) is 13.6. The van der Waals surface area contributed by atoms with E-state index in [2.05, 4.69) is 4.98 Å². The van der Waals surface area contributed by atoms with Crippen molar-refractivity contribution in [3.05, 3.63) is 65.6 Å². The second-order valence-corrected chi connectivity index (χ2v) is 7.58. The van der Waals surface area contributed by atoms with Crippen LogP contribution in [0.25, 0.3) is 10.9 Å². The number of rotatable bonds is 4. The summed E-state index contributed by atoms with van der Waals surface area (Å²) in [6.07, 6.45) is 3.02. The second-order valence-electron chi connectivity index (χ2n) is 7.58. The highest BCUT2D eigenvalue weighted by Gasteiger charge is 2.26. The minimum Gasteiger partial charge on any atom is -0.397 e. The van der Waals surface area contributed by atoms with Crippen LogP contribution >= 0.6 is 0 Å². The number of hydrogen-bond acceptors (Lipinski definition) is 4. The molecule has 1 saturated heterocycles. The third kappa shape index (κ3) is 3.98. The summed E-state index contributed by atoms with van der Waals surface area (Å²) >= 11 is 0. The second kappa shape index (κ2) is 7.97. The van der Waals surface area contributed by atoms with Gasteiger partial charge in [0.25, 0.3) is 0 Å². The number of nitrogens with zero attached hydrogens (tertiary/aromatic N) is 3. The molecule has 0 bridgehead atoms. The smallest absolute Gasteiger partial charge is 0.222 e. The van der Waals surface area contributed by atoms with Crippen molar-refractivity contribution >= 4 is 22.5 Å². The van der Waals surface area contributed by atoms with Crippen LogP contribution < -0.4 is 5.73 Å². The molecule has 1 fully saturated rings. The van der Waals surface area contributed by atoms with E-state index in [4.69, 9.17) is 10.7 Å². The van der Waals surface area contributed by atoms with E-state index in [0.717, 1.165) is 59.6 Å². The van der Waals surface area contributed by atoms with Gasteiger partial charge in [-0.25, -0.2) is 0 Å². The number of aryl methyl sites for hydroxylation is 2. The fourth-order valence-corrected chi connectivity index (χ4v) is 4.01. The van der Waals surface area contributed by atoms with Gasteiger partial charge in [-0.15, -0.1) is 0 Å². The molecule has 0 atom stereocenters. The summed E-state index contributed by atoms with van der Waals surface area (Å²) in [7, 11) is 0. The maximum atomic E-state index is 12.6. The minimum absolute atomic E-state index is 0.209. The van der Waals surface area contributed by atoms with Gasteiger partial charge < -0.3 is 10.6 Å². The van der Waals surface area contributed by atoms with Crippen molar-refractivity contribution in [2.75, 3.05) is 18.8 Å². The number of aromatic nitrogens is 2. The van der Waals surface area contributed by atoms with Crippen molar-refractivity contribution < 1.29 is 4.79 Å². The molecule has 0 aliphatic carbocycles. The van der Waals surface area contributed by atoms with Crippen molar-refractivity contribution in [3.8, 4) is 0 Å². The number of carbonyl (C=O) groups is 1. The summed E-state index contributed by atoms with van der Waals surface area (Å²) < 4.78 is 0. The molecule has 0 saturated carbocycles. The van der Waals surface area contributed by atoms with E-state index in [-0.39, 0.29) is 5.91 Å². The van der Waals surface area contributed by atoms with Gasteiger partial charge in [0.2, 0.25) is 5.91 Å². The molecule has 1 aromatic carbocycles. The van der Waals surface area contributed by atoms with Crippen LogP contribution in [0.5, 0.6) is 0 Å². The summed E-state index contributed by atoms with van der Waals surface area (Å²) in [6, 6.07) is 16.0. The summed E-state index contributed by atoms with van der Waals surface area (Å²) in [5, 5.41) is 1.07. The number of pyridine rings is 2. The van der Waals surface area contributed by atoms with Gasteiger partial charge in [-0.2, -0.15) is 0 Å². The largest absolute Gasteiger partial charge is 0.397 e. The molecule has 2 N–H and O–H groups in total. The number of hydrogen-bond donors (Lipinski definition) is 1. The lowest BCUT2D eigenvalue weighted by molar-refractivity contribution is -0.132. The third-order valence-corrected chi connectivity index (χ3v) is 5.56. The highest BCUT2D eigenvalue weighted by atomic mass is 16.2. The quantitative estimate of drug-likeness (QED) is 0.753. The average molecular weight is 374 g/mol. The first-order valence-corrected chi connectivity index (χ1v) is 9.95. The van der Waals surface area contributed by atoms with Crippen LogP contribution in [-0.4, -0.2) is 33.9 Å². The van der Waals surface area contributed by atoms with E-state index >= 15 is 0 Å². The third-order valence-electron chi connectivity index (χ3n) is 5.56. The number of likely N-dealkylation sites (tertiary alicyclic amines) is 1. The Kier molecular flexibility index (Phi) is 5.24. The van der Waals surface area contributed by atoms with Crippen LogP contribution in [0.4, 0.5) is 5.69 Å². The highest BCUT2D eigenvalue weighted by Crippen LogP contribution is 2.32. The fraction of sp³-hybridized carbons (Fsp3) is 0.348. The zero-order valence-corrected chi connectivity index (χ0v) is 16.3. The lowest BCUT2D eigenvalue weighted by atomic mass is 9.91. The first-order valence-electron chi connectivity index (χ1n) is 9.95. The van der Waals surface area contributed by atoms with E-state index in [1.165, 1.54) is 0 Å². The Bertz CT molecular complexity index is 993. The number of anilines is 1. The van der Waals surface area contributed by atoms with E-state index in [0.29, 0.717) is 18.8 Å². The Morgan fingerprint density at radius 1 is 1.11 bits per heavy atom. The van der Waals surface area contributed by atoms with Crippen LogP contribution in [0.3, 0.4) is 0 Å². The van der Waals surface area contributed by atoms with Gasteiger partial charge in [-0.3, -0.25) is 14.8 Å². The predicted molar refractivity (Wildman–Crippen MR) is 112 cm³/mol. The average Bonchev–Trinajstić information content (AvgIpc) is 2.72. The molecule has 144 valence electrons. The maximum Gasteiger partial charge on any atom is 0.222 e. The Morgan fingerprint density at radius 3 is 2.68 bits per heavy atom. The number of nitrogens with two attached hydrogens (primary N) is 1. The molecule has 0 unspecified atom stereocenters. The summed E-state index contributed by atoms with van der Waals surface area (Å²) in [5.74, 6) is 0.522. The summed E-state index contributed by atoms with van der Waals surface area (Å²) in [6.45, 7) is 3.50. The zero-order chi connectivity index (χ0) is 19.5. The van der Waals surface area contributed by atoms with E-state index in [1.807, 2.05) is 60.4 Å². The highest BCUT2D eigenvalue weighted by molar-refractivity contribution is 5.82. The minimum atomic E-state index is 0.209. The van der Waals surface area contributed by atoms with Crippen LogP contribution in [0.2, 0.25) is 0 Å². The van der Waals surface area contributed by atoms with Crippen LogP contribution in [-0.2, 0) is 11.2 Å². The standard InChI is InChI=1S/C23H26N4O/c1-16-5-4-7-19(25-16)9-10-22(28)27-13-11-17(12-14-27)23-20(24)15-18-6-2-3-8-21(18)26-23/h2-8,15,17H,9-14,24H2,1H3. The van der Waals surface area contributed by atoms with Crippen molar-refractivity contribution in [1.29, 1.82) is 0 Å². The SMILES string of the molecule is Cc1cccc(CCC(=O)N2CCC(c3nc4ccccc4cc3N)CC2)n1. The van der Waals surface area contributed by atoms with Gasteiger partial charge in [0.15, 0.2) is 0 Å². The van der Waals surface area contributed by atoms with Gasteiger partial charge in [-0.1, -0.05) is 24.3 Å². The van der Waals surface area contributed by atoms with E-state index < -0.39 is 0 Å². The molecule has 28 heavy (non-hydrogen) atoms. The number of piperidine rings is 1. The molecular formula is C23H26N4O. The van der Waals surface area contributed by atoms with Gasteiger partial charge in [0.1, 0.15) is 0 Å². The lowest BCUT2D eigenvalue weighted by Crippen LogP contribution is -2.38. The van der Waals surface area contributed by atoms with Crippen molar-refractivity contribution in [3.63, 3.8) is 0 Å². The number of carbonyl (C=O) groups excluding carboxylic acids is 1. The summed E-state index contributed by atoms with van der Waals surface area (Å²) in [4.78, 5) is 23.9. The van der Waals surface area contributed by atoms with Gasteiger partial charge in [0, 0.05) is 42.2 Å². The molecule has 0 spiro atoms. The normalized spacial score (nSPS) is 15.1. The van der Waals surface area contributed by atoms with Crippen molar-refractivity contribution in [1.82, 2.24) is 14.9 Å². The Labute approximate surface area is 165 Å². The molecule has 1 aliphatic rings. The Balaban J connectivity index is 1.36. The van der Waals surface area contributed by atoms with Gasteiger partial charge >= 0.3 is 0 Å². The van der Waals surface area contributed by atoms with Crippen molar-refractivity contribution in [2.45, 2.75) is 38.5 Å². The van der Waals surface area contributed by atoms with Crippen LogP contribution in [0, 0.1) is 6.92 Å². The molecule has 3 heterocycles. The number of nitrogen functional groups attached to an aromatic ring is 1. The molecule has 2 aromatic heterocycles. The summed E-state index contributed by atoms with van der Waals surface area (Å²) in [5.41, 5.74) is 11.0. The number of amides is 1. The first kappa shape index (κ1) is 18.4. The van der Waals surface area contributed by atoms with E-state index in [9.17, 15) is 4.79 Å². The Hall–Kier alpha value is -2.95. The number of benzene rings is 1. The number of para-hydroxylation sites is 1. The van der Waals surface area contributed by atoms with E-state index in [1.54, 1.807) is 0 Å². The molecule has 1 aliphatic heterocycles. The molecule has 5 nitrogen and oxygen atoms in total. The molecule has 1 amide bonds. The number of fused-ring (bicyclic) bond motifs is 1. The monoisotopic (exact) mass is 374 g/mol. The molecule has 5 heteroatoms. The molecule has 0 radical (unpaired) electrons. The Morgan fingerprint density at radius 2 is 1.89 bits per heavy atom. The topological polar surface area (TPSA) is 72.1 Å². The predicted octanol–water partition coefficient (Wildman–Crippen LogP) is 3.86. The zero-order valence-electron chi connectivity index (χ0n) is 16.3. The molecule has 3 aromatic rings. The van der Waals surface area contributed by atoms with Gasteiger partial charge in [-0.05, 0) is 50.5 Å². The lowest BCUT2D eigenvalue weighted by Gasteiger charge is -2.32. The fourth-order valence-electron chi connectivity index (χ4n) is 4.01. The molecule has 4 rings (SSSR count).